The number of carbonyl (C=O) groups excluding carboxylic acids is 2. The SMILES string of the molecule is C[C@H](N[C@@H]1CCCC[C@H]1C)C(=O)N1CCNC1=O. The monoisotopic (exact) mass is 253 g/mol. The maximum atomic E-state index is 12.1. The van der Waals surface area contributed by atoms with Crippen molar-refractivity contribution < 1.29 is 9.59 Å². The van der Waals surface area contributed by atoms with Crippen LogP contribution in [0.4, 0.5) is 4.79 Å². The molecule has 1 aliphatic carbocycles. The number of hydrogen-bond acceptors (Lipinski definition) is 3. The van der Waals surface area contributed by atoms with E-state index in [0.29, 0.717) is 25.0 Å². The van der Waals surface area contributed by atoms with Gasteiger partial charge in [-0.2, -0.15) is 0 Å². The Morgan fingerprint density at radius 2 is 2.17 bits per heavy atom. The van der Waals surface area contributed by atoms with Gasteiger partial charge in [0, 0.05) is 19.1 Å². The van der Waals surface area contributed by atoms with E-state index in [1.165, 1.54) is 24.2 Å². The predicted molar refractivity (Wildman–Crippen MR) is 69.1 cm³/mol. The van der Waals surface area contributed by atoms with E-state index in [1.807, 2.05) is 6.92 Å². The van der Waals surface area contributed by atoms with E-state index in [0.717, 1.165) is 6.42 Å². The van der Waals surface area contributed by atoms with Crippen LogP contribution in [0.15, 0.2) is 0 Å². The minimum Gasteiger partial charge on any atom is -0.336 e. The Labute approximate surface area is 108 Å². The highest BCUT2D eigenvalue weighted by Gasteiger charge is 2.31. The van der Waals surface area contributed by atoms with E-state index in [4.69, 9.17) is 0 Å². The summed E-state index contributed by atoms with van der Waals surface area (Å²) in [5.74, 6) is 0.504. The molecule has 5 heteroatoms. The zero-order valence-corrected chi connectivity index (χ0v) is 11.2. The third-order valence-corrected chi connectivity index (χ3v) is 4.07. The average molecular weight is 253 g/mol. The Morgan fingerprint density at radius 1 is 1.44 bits per heavy atom. The first-order valence-corrected chi connectivity index (χ1v) is 6.95. The molecule has 102 valence electrons. The van der Waals surface area contributed by atoms with Crippen molar-refractivity contribution in [3.63, 3.8) is 0 Å². The summed E-state index contributed by atoms with van der Waals surface area (Å²) in [4.78, 5) is 24.9. The van der Waals surface area contributed by atoms with Crippen molar-refractivity contribution in [2.45, 2.75) is 51.6 Å². The first-order valence-electron chi connectivity index (χ1n) is 6.95. The van der Waals surface area contributed by atoms with Gasteiger partial charge in [0.1, 0.15) is 0 Å². The maximum Gasteiger partial charge on any atom is 0.324 e. The quantitative estimate of drug-likeness (QED) is 0.791. The van der Waals surface area contributed by atoms with Gasteiger partial charge in [0.15, 0.2) is 0 Å². The van der Waals surface area contributed by atoms with Gasteiger partial charge in [0.05, 0.1) is 6.04 Å². The van der Waals surface area contributed by atoms with Crippen molar-refractivity contribution >= 4 is 11.9 Å². The van der Waals surface area contributed by atoms with Crippen molar-refractivity contribution in [2.24, 2.45) is 5.92 Å². The molecule has 5 nitrogen and oxygen atoms in total. The molecule has 2 fully saturated rings. The van der Waals surface area contributed by atoms with Crippen molar-refractivity contribution in [1.29, 1.82) is 0 Å². The smallest absolute Gasteiger partial charge is 0.324 e. The molecule has 1 aliphatic heterocycles. The second kappa shape index (κ2) is 5.69. The van der Waals surface area contributed by atoms with Gasteiger partial charge in [-0.25, -0.2) is 4.79 Å². The molecule has 0 aromatic carbocycles. The Hall–Kier alpha value is -1.10. The van der Waals surface area contributed by atoms with Gasteiger partial charge in [-0.05, 0) is 25.7 Å². The third kappa shape index (κ3) is 2.83. The summed E-state index contributed by atoms with van der Waals surface area (Å²) < 4.78 is 0. The van der Waals surface area contributed by atoms with Crippen molar-refractivity contribution in [2.75, 3.05) is 13.1 Å². The molecule has 1 heterocycles. The lowest BCUT2D eigenvalue weighted by atomic mass is 9.85. The molecule has 2 N–H and O–H groups in total. The summed E-state index contributed by atoms with van der Waals surface area (Å²) in [6, 6.07) is -0.131. The van der Waals surface area contributed by atoms with Gasteiger partial charge in [-0.3, -0.25) is 9.69 Å². The first-order chi connectivity index (χ1) is 8.59. The number of rotatable bonds is 3. The number of urea groups is 1. The minimum atomic E-state index is -0.278. The second-order valence-electron chi connectivity index (χ2n) is 5.48. The zero-order valence-electron chi connectivity index (χ0n) is 11.2. The lowest BCUT2D eigenvalue weighted by Gasteiger charge is -2.32. The standard InChI is InChI=1S/C13H23N3O2/c1-9-5-3-4-6-11(9)15-10(2)12(17)16-8-7-14-13(16)18/h9-11,15H,3-8H2,1-2H3,(H,14,18)/t9-,10+,11-/m1/s1. The highest BCUT2D eigenvalue weighted by atomic mass is 16.2. The number of amides is 3. The van der Waals surface area contributed by atoms with E-state index in [1.54, 1.807) is 0 Å². The predicted octanol–water partition coefficient (Wildman–Crippen LogP) is 1.09. The van der Waals surface area contributed by atoms with Gasteiger partial charge >= 0.3 is 6.03 Å². The lowest BCUT2D eigenvalue weighted by Crippen LogP contribution is -2.51. The number of nitrogens with zero attached hydrogens (tertiary/aromatic N) is 1. The number of nitrogens with one attached hydrogen (secondary N) is 2. The Morgan fingerprint density at radius 3 is 2.78 bits per heavy atom. The summed E-state index contributed by atoms with van der Waals surface area (Å²) >= 11 is 0. The van der Waals surface area contributed by atoms with Gasteiger partial charge in [0.2, 0.25) is 5.91 Å². The third-order valence-electron chi connectivity index (χ3n) is 4.07. The lowest BCUT2D eigenvalue weighted by molar-refractivity contribution is -0.129. The normalized spacial score (nSPS) is 30.1. The van der Waals surface area contributed by atoms with Crippen LogP contribution < -0.4 is 10.6 Å². The Balaban J connectivity index is 1.88. The van der Waals surface area contributed by atoms with Crippen molar-refractivity contribution in [1.82, 2.24) is 15.5 Å². The average Bonchev–Trinajstić information content (AvgIpc) is 2.77. The van der Waals surface area contributed by atoms with Gasteiger partial charge in [-0.1, -0.05) is 19.8 Å². The van der Waals surface area contributed by atoms with Crippen LogP contribution in [0.25, 0.3) is 0 Å². The van der Waals surface area contributed by atoms with Gasteiger partial charge in [0.25, 0.3) is 0 Å². The Bertz CT molecular complexity index is 332. The topological polar surface area (TPSA) is 61.4 Å². The van der Waals surface area contributed by atoms with E-state index < -0.39 is 0 Å². The molecule has 2 rings (SSSR count). The van der Waals surface area contributed by atoms with Crippen LogP contribution in [0, 0.1) is 5.92 Å². The largest absolute Gasteiger partial charge is 0.336 e. The molecule has 0 spiro atoms. The number of hydrogen-bond donors (Lipinski definition) is 2. The molecule has 2 aliphatic rings. The molecule has 0 bridgehead atoms. The van der Waals surface area contributed by atoms with Crippen LogP contribution in [0.1, 0.15) is 39.5 Å². The van der Waals surface area contributed by atoms with Gasteiger partial charge < -0.3 is 10.6 Å². The minimum absolute atomic E-state index is 0.109. The fourth-order valence-electron chi connectivity index (χ4n) is 2.87. The molecule has 18 heavy (non-hydrogen) atoms. The molecule has 1 saturated heterocycles. The van der Waals surface area contributed by atoms with E-state index >= 15 is 0 Å². The summed E-state index contributed by atoms with van der Waals surface area (Å²) in [5.41, 5.74) is 0. The molecular formula is C13H23N3O2. The van der Waals surface area contributed by atoms with Crippen molar-refractivity contribution in [3.05, 3.63) is 0 Å². The second-order valence-corrected chi connectivity index (χ2v) is 5.48. The van der Waals surface area contributed by atoms with E-state index in [9.17, 15) is 9.59 Å². The summed E-state index contributed by atoms with van der Waals surface area (Å²) in [7, 11) is 0. The highest BCUT2D eigenvalue weighted by molar-refractivity contribution is 5.98. The maximum absolute atomic E-state index is 12.1. The summed E-state index contributed by atoms with van der Waals surface area (Å²) in [6.45, 7) is 5.15. The molecule has 1 saturated carbocycles. The molecule has 3 amide bonds. The summed E-state index contributed by atoms with van der Waals surface area (Å²) in [6.07, 6.45) is 4.87. The molecule has 3 atom stereocenters. The van der Waals surface area contributed by atoms with Crippen LogP contribution >= 0.6 is 0 Å². The Kier molecular flexibility index (Phi) is 4.22. The van der Waals surface area contributed by atoms with Crippen molar-refractivity contribution in [3.8, 4) is 0 Å². The van der Waals surface area contributed by atoms with E-state index in [2.05, 4.69) is 17.6 Å². The first kappa shape index (κ1) is 13.3. The van der Waals surface area contributed by atoms with Crippen LogP contribution in [-0.2, 0) is 4.79 Å². The fraction of sp³-hybridized carbons (Fsp3) is 0.846. The number of imide groups is 1. The molecule has 0 unspecified atom stereocenters. The van der Waals surface area contributed by atoms with Gasteiger partial charge in [-0.15, -0.1) is 0 Å². The molecule has 0 aromatic heterocycles. The highest BCUT2D eigenvalue weighted by Crippen LogP contribution is 2.24. The van der Waals surface area contributed by atoms with Crippen LogP contribution in [0.2, 0.25) is 0 Å². The van der Waals surface area contributed by atoms with Crippen LogP contribution in [0.5, 0.6) is 0 Å². The summed E-state index contributed by atoms with van der Waals surface area (Å²) in [5, 5.41) is 6.05. The van der Waals surface area contributed by atoms with E-state index in [-0.39, 0.29) is 18.0 Å². The zero-order chi connectivity index (χ0) is 13.1. The fourth-order valence-corrected chi connectivity index (χ4v) is 2.87. The molecule has 0 aromatic rings. The van der Waals surface area contributed by atoms with Crippen LogP contribution in [-0.4, -0.2) is 42.0 Å². The number of carbonyl (C=O) groups is 2. The molecule has 0 radical (unpaired) electrons. The molecular weight excluding hydrogens is 230 g/mol. The van der Waals surface area contributed by atoms with Crippen LogP contribution in [0.3, 0.4) is 0 Å².